The van der Waals surface area contributed by atoms with E-state index >= 15 is 0 Å². The highest BCUT2D eigenvalue weighted by Crippen LogP contribution is 2.31. The van der Waals surface area contributed by atoms with Crippen molar-refractivity contribution in [3.63, 3.8) is 0 Å². The first-order valence-electron chi connectivity index (χ1n) is 8.15. The summed E-state index contributed by atoms with van der Waals surface area (Å²) in [4.78, 5) is 17.8. The Hall–Kier alpha value is -3.33. The molecule has 5 rings (SSSR count). The molecule has 2 aromatic heterocycles. The second kappa shape index (κ2) is 5.34. The molecular weight excluding hydrogens is 371 g/mol. The molecule has 4 N–H and O–H groups in total. The lowest BCUT2D eigenvalue weighted by Crippen LogP contribution is -2.15. The molecule has 0 radical (unpaired) electrons. The number of carbonyl (C=O) groups is 1. The Kier molecular flexibility index (Phi) is 3.14. The first-order valence-corrected chi connectivity index (χ1v) is 9.63. The fraction of sp³-hybridized carbons (Fsp3) is 0.0556. The van der Waals surface area contributed by atoms with Crippen molar-refractivity contribution in [1.82, 2.24) is 15.3 Å². The van der Waals surface area contributed by atoms with Gasteiger partial charge in [-0.15, -0.1) is 0 Å². The van der Waals surface area contributed by atoms with Crippen molar-refractivity contribution >= 4 is 43.4 Å². The largest absolute Gasteiger partial charge is 0.359 e. The number of H-pyrrole nitrogens is 2. The van der Waals surface area contributed by atoms with Gasteiger partial charge in [0.1, 0.15) is 10.7 Å². The van der Waals surface area contributed by atoms with Crippen LogP contribution in [0.5, 0.6) is 0 Å². The number of hydrogen-bond acceptors (Lipinski definition) is 3. The minimum Gasteiger partial charge on any atom is -0.359 e. The van der Waals surface area contributed by atoms with E-state index in [2.05, 4.69) is 20.0 Å². The molecule has 2 aromatic carbocycles. The zero-order chi connectivity index (χ0) is 18.8. The lowest BCUT2D eigenvalue weighted by molar-refractivity contribution is 0.0965. The number of sulfonamides is 1. The summed E-state index contributed by atoms with van der Waals surface area (Å²) in [6.07, 6.45) is 3.13. The van der Waals surface area contributed by atoms with Crippen LogP contribution in [0.4, 0.5) is 10.1 Å². The molecule has 0 atom stereocenters. The van der Waals surface area contributed by atoms with Crippen LogP contribution in [0.2, 0.25) is 0 Å². The van der Waals surface area contributed by atoms with Crippen molar-refractivity contribution in [1.29, 1.82) is 0 Å². The van der Waals surface area contributed by atoms with E-state index in [0.717, 1.165) is 10.9 Å². The smallest absolute Gasteiger partial charge is 0.264 e. The van der Waals surface area contributed by atoms with E-state index in [4.69, 9.17) is 0 Å². The quantitative estimate of drug-likeness (QED) is 0.436. The van der Waals surface area contributed by atoms with E-state index in [1.807, 2.05) is 6.07 Å². The summed E-state index contributed by atoms with van der Waals surface area (Å²) in [5, 5.41) is 4.00. The van der Waals surface area contributed by atoms with Gasteiger partial charge in [-0.25, -0.2) is 12.8 Å². The summed E-state index contributed by atoms with van der Waals surface area (Å²) in [5.41, 5.74) is 1.94. The van der Waals surface area contributed by atoms with Gasteiger partial charge in [-0.2, -0.15) is 0 Å². The number of hydrogen-bond donors (Lipinski definition) is 4. The lowest BCUT2D eigenvalue weighted by atomic mass is 10.1. The molecule has 0 bridgehead atoms. The van der Waals surface area contributed by atoms with Gasteiger partial charge in [0.2, 0.25) is 0 Å². The Labute approximate surface area is 152 Å². The number of aromatic nitrogens is 2. The average molecular weight is 384 g/mol. The van der Waals surface area contributed by atoms with E-state index in [-0.39, 0.29) is 28.6 Å². The highest BCUT2D eigenvalue weighted by Gasteiger charge is 2.25. The van der Waals surface area contributed by atoms with E-state index in [1.54, 1.807) is 18.3 Å². The molecule has 1 amide bonds. The molecule has 136 valence electrons. The molecule has 9 heteroatoms. The van der Waals surface area contributed by atoms with Gasteiger partial charge in [0, 0.05) is 35.3 Å². The fourth-order valence-corrected chi connectivity index (χ4v) is 4.67. The second-order valence-electron chi connectivity index (χ2n) is 6.36. The Morgan fingerprint density at radius 3 is 2.78 bits per heavy atom. The molecular formula is C18H13FN4O3S. The predicted octanol–water partition coefficient (Wildman–Crippen LogP) is 2.83. The van der Waals surface area contributed by atoms with E-state index in [9.17, 15) is 17.6 Å². The summed E-state index contributed by atoms with van der Waals surface area (Å²) in [6.45, 7) is 0.229. The molecule has 7 nitrogen and oxygen atoms in total. The first-order chi connectivity index (χ1) is 12.9. The molecule has 4 aromatic rings. The number of amides is 1. The lowest BCUT2D eigenvalue weighted by Gasteiger charge is -2.10. The highest BCUT2D eigenvalue weighted by atomic mass is 32.2. The molecule has 1 aliphatic rings. The summed E-state index contributed by atoms with van der Waals surface area (Å²) in [7, 11) is -4.07. The van der Waals surface area contributed by atoms with Crippen molar-refractivity contribution < 1.29 is 17.6 Å². The summed E-state index contributed by atoms with van der Waals surface area (Å²) >= 11 is 0. The molecule has 0 fully saturated rings. The maximum atomic E-state index is 14.3. The summed E-state index contributed by atoms with van der Waals surface area (Å²) in [5.74, 6) is -1.09. The third-order valence-corrected chi connectivity index (χ3v) is 6.16. The third kappa shape index (κ3) is 2.32. The number of benzene rings is 2. The number of anilines is 1. The van der Waals surface area contributed by atoms with Crippen LogP contribution in [0.3, 0.4) is 0 Å². The van der Waals surface area contributed by atoms with Crippen LogP contribution in [-0.2, 0) is 16.6 Å². The normalized spacial score (nSPS) is 13.9. The minimum atomic E-state index is -4.07. The Morgan fingerprint density at radius 1 is 1.07 bits per heavy atom. The van der Waals surface area contributed by atoms with Crippen molar-refractivity contribution in [2.75, 3.05) is 4.72 Å². The number of fused-ring (bicyclic) bond motifs is 4. The van der Waals surface area contributed by atoms with Crippen molar-refractivity contribution in [3.05, 3.63) is 59.7 Å². The topological polar surface area (TPSA) is 107 Å². The van der Waals surface area contributed by atoms with Crippen LogP contribution >= 0.6 is 0 Å². The monoisotopic (exact) mass is 384 g/mol. The number of nitrogens with one attached hydrogen (secondary N) is 4. The van der Waals surface area contributed by atoms with Crippen LogP contribution < -0.4 is 10.0 Å². The van der Waals surface area contributed by atoms with E-state index < -0.39 is 15.8 Å². The van der Waals surface area contributed by atoms with Gasteiger partial charge >= 0.3 is 0 Å². The highest BCUT2D eigenvalue weighted by molar-refractivity contribution is 7.93. The van der Waals surface area contributed by atoms with Crippen LogP contribution in [0, 0.1) is 5.82 Å². The number of halogens is 1. The standard InChI is InChI=1S/C18H13FN4O3S/c19-13-5-10-7-22-18(24)12(10)6-14(13)23-27(25,26)15-8-21-17-11(15)2-1-9-3-4-20-16(9)17/h1-6,8,20-21,23H,7H2,(H,22,24). The number of aromatic amines is 2. The van der Waals surface area contributed by atoms with Crippen LogP contribution in [0.15, 0.2) is 47.6 Å². The molecule has 0 saturated carbocycles. The minimum absolute atomic E-state index is 0.00153. The fourth-order valence-electron chi connectivity index (χ4n) is 3.44. The SMILES string of the molecule is O=C1NCc2cc(F)c(NS(=O)(=O)c3c[nH]c4c3ccc3cc[nH]c34)cc21. The maximum Gasteiger partial charge on any atom is 0.264 e. The first kappa shape index (κ1) is 15.9. The molecule has 3 heterocycles. The molecule has 1 aliphatic heterocycles. The average Bonchev–Trinajstić information content (AvgIpc) is 3.33. The van der Waals surface area contributed by atoms with Crippen LogP contribution in [0.25, 0.3) is 21.8 Å². The van der Waals surface area contributed by atoms with Gasteiger partial charge in [0.25, 0.3) is 15.9 Å². The van der Waals surface area contributed by atoms with Gasteiger partial charge in [0.15, 0.2) is 0 Å². The zero-order valence-corrected chi connectivity index (χ0v) is 14.6. The molecule has 0 unspecified atom stereocenters. The van der Waals surface area contributed by atoms with Gasteiger partial charge < -0.3 is 15.3 Å². The number of carbonyl (C=O) groups excluding carboxylic acids is 1. The Morgan fingerprint density at radius 2 is 1.93 bits per heavy atom. The second-order valence-corrected chi connectivity index (χ2v) is 8.01. The van der Waals surface area contributed by atoms with Gasteiger partial charge in [-0.3, -0.25) is 9.52 Å². The van der Waals surface area contributed by atoms with Crippen molar-refractivity contribution in [3.8, 4) is 0 Å². The maximum absolute atomic E-state index is 14.3. The van der Waals surface area contributed by atoms with Gasteiger partial charge in [-0.1, -0.05) is 12.1 Å². The van der Waals surface area contributed by atoms with E-state index in [0.29, 0.717) is 16.5 Å². The molecule has 0 spiro atoms. The number of rotatable bonds is 3. The Balaban J connectivity index is 1.61. The Bertz CT molecular complexity index is 1350. The summed E-state index contributed by atoms with van der Waals surface area (Å²) < 4.78 is 42.4. The predicted molar refractivity (Wildman–Crippen MR) is 98.5 cm³/mol. The zero-order valence-electron chi connectivity index (χ0n) is 13.8. The van der Waals surface area contributed by atoms with Gasteiger partial charge in [0.05, 0.1) is 16.7 Å². The molecule has 27 heavy (non-hydrogen) atoms. The molecule has 0 saturated heterocycles. The van der Waals surface area contributed by atoms with Crippen LogP contribution in [0.1, 0.15) is 15.9 Å². The van der Waals surface area contributed by atoms with E-state index in [1.165, 1.54) is 18.3 Å². The van der Waals surface area contributed by atoms with Crippen molar-refractivity contribution in [2.24, 2.45) is 0 Å². The third-order valence-electron chi connectivity index (χ3n) is 4.75. The van der Waals surface area contributed by atoms with Crippen molar-refractivity contribution in [2.45, 2.75) is 11.4 Å². The van der Waals surface area contributed by atoms with Crippen LogP contribution in [-0.4, -0.2) is 24.3 Å². The molecule has 0 aliphatic carbocycles. The van der Waals surface area contributed by atoms with Gasteiger partial charge in [-0.05, 0) is 23.8 Å². The summed E-state index contributed by atoms with van der Waals surface area (Å²) in [6, 6.07) is 7.78.